The highest BCUT2D eigenvalue weighted by Crippen LogP contribution is 2.39. The van der Waals surface area contributed by atoms with Gasteiger partial charge in [0.25, 0.3) is 0 Å². The second-order valence-corrected chi connectivity index (χ2v) is 7.62. The SMILES string of the molecule is COc1ccc(-c2n[nH]c(=S)n2CCC(=O)NC(C)c2cc(OC)c(OC)c(OC)c2)cc1. The molecule has 0 saturated carbocycles. The fourth-order valence-corrected chi connectivity index (χ4v) is 3.67. The lowest BCUT2D eigenvalue weighted by atomic mass is 10.1. The number of methoxy groups -OCH3 is 4. The van der Waals surface area contributed by atoms with Crippen LogP contribution in [0.5, 0.6) is 23.0 Å². The van der Waals surface area contributed by atoms with Crippen LogP contribution in [-0.2, 0) is 11.3 Å². The molecule has 3 aromatic rings. The number of rotatable bonds is 10. The topological polar surface area (TPSA) is 99.6 Å². The van der Waals surface area contributed by atoms with Gasteiger partial charge in [0.05, 0.1) is 34.5 Å². The number of ether oxygens (including phenoxy) is 4. The number of hydrogen-bond donors (Lipinski definition) is 2. The first-order valence-electron chi connectivity index (χ1n) is 10.3. The van der Waals surface area contributed by atoms with Gasteiger partial charge in [-0.25, -0.2) is 0 Å². The number of carbonyl (C=O) groups excluding carboxylic acids is 1. The maximum Gasteiger partial charge on any atom is 0.222 e. The fraction of sp³-hybridized carbons (Fsp3) is 0.348. The number of hydrogen-bond acceptors (Lipinski definition) is 7. The zero-order valence-electron chi connectivity index (χ0n) is 19.3. The Bertz CT molecular complexity index is 1130. The molecule has 33 heavy (non-hydrogen) atoms. The average Bonchev–Trinajstić information content (AvgIpc) is 3.21. The summed E-state index contributed by atoms with van der Waals surface area (Å²) in [5, 5.41) is 10.1. The van der Waals surface area contributed by atoms with E-state index in [1.165, 1.54) is 0 Å². The van der Waals surface area contributed by atoms with Crippen molar-refractivity contribution in [2.45, 2.75) is 25.9 Å². The Morgan fingerprint density at radius 3 is 2.24 bits per heavy atom. The minimum absolute atomic E-state index is 0.125. The van der Waals surface area contributed by atoms with Gasteiger partial charge in [-0.15, -0.1) is 0 Å². The van der Waals surface area contributed by atoms with Crippen LogP contribution in [0.15, 0.2) is 36.4 Å². The molecule has 0 saturated heterocycles. The third kappa shape index (κ3) is 5.46. The summed E-state index contributed by atoms with van der Waals surface area (Å²) >= 11 is 5.37. The van der Waals surface area contributed by atoms with Crippen molar-refractivity contribution in [2.24, 2.45) is 0 Å². The Kier molecular flexibility index (Phi) is 7.94. The predicted octanol–water partition coefficient (Wildman–Crippen LogP) is 3.91. The van der Waals surface area contributed by atoms with Gasteiger partial charge in [0.1, 0.15) is 5.75 Å². The van der Waals surface area contributed by atoms with Gasteiger partial charge in [-0.3, -0.25) is 14.5 Å². The van der Waals surface area contributed by atoms with Crippen LogP contribution in [0.2, 0.25) is 0 Å². The Labute approximate surface area is 197 Å². The number of aromatic amines is 1. The lowest BCUT2D eigenvalue weighted by Gasteiger charge is -2.19. The third-order valence-electron chi connectivity index (χ3n) is 5.23. The highest BCUT2D eigenvalue weighted by molar-refractivity contribution is 7.71. The van der Waals surface area contributed by atoms with Crippen LogP contribution in [0.3, 0.4) is 0 Å². The minimum atomic E-state index is -0.274. The van der Waals surface area contributed by atoms with Gasteiger partial charge in [-0.2, -0.15) is 5.10 Å². The number of nitrogens with one attached hydrogen (secondary N) is 2. The molecule has 176 valence electrons. The van der Waals surface area contributed by atoms with Crippen LogP contribution in [0, 0.1) is 4.77 Å². The molecular weight excluding hydrogens is 444 g/mol. The molecule has 10 heteroatoms. The van der Waals surface area contributed by atoms with E-state index < -0.39 is 0 Å². The molecule has 2 N–H and O–H groups in total. The van der Waals surface area contributed by atoms with E-state index in [2.05, 4.69) is 15.5 Å². The van der Waals surface area contributed by atoms with E-state index >= 15 is 0 Å². The van der Waals surface area contributed by atoms with E-state index in [1.807, 2.05) is 43.3 Å². The van der Waals surface area contributed by atoms with Crippen LogP contribution in [0.4, 0.5) is 0 Å². The summed E-state index contributed by atoms with van der Waals surface area (Å²) in [6.07, 6.45) is 0.228. The molecule has 0 aliphatic carbocycles. The second kappa shape index (κ2) is 10.9. The summed E-state index contributed by atoms with van der Waals surface area (Å²) in [6, 6.07) is 10.9. The summed E-state index contributed by atoms with van der Waals surface area (Å²) in [6.45, 7) is 2.27. The molecule has 0 spiro atoms. The highest BCUT2D eigenvalue weighted by Gasteiger charge is 2.18. The standard InChI is InChI=1S/C23H28N4O5S/c1-14(16-12-18(30-3)21(32-5)19(13-16)31-4)24-20(28)10-11-27-22(25-26-23(27)33)15-6-8-17(29-2)9-7-15/h6-9,12-14H,10-11H2,1-5H3,(H,24,28)(H,26,33). The van der Waals surface area contributed by atoms with Crippen LogP contribution in [0.1, 0.15) is 24.9 Å². The maximum absolute atomic E-state index is 12.7. The van der Waals surface area contributed by atoms with Crippen LogP contribution in [-0.4, -0.2) is 49.1 Å². The molecule has 2 aromatic carbocycles. The zero-order chi connectivity index (χ0) is 24.0. The average molecular weight is 473 g/mol. The lowest BCUT2D eigenvalue weighted by molar-refractivity contribution is -0.121. The quantitative estimate of drug-likeness (QED) is 0.432. The van der Waals surface area contributed by atoms with Crippen molar-refractivity contribution in [3.05, 3.63) is 46.7 Å². The van der Waals surface area contributed by atoms with Crippen molar-refractivity contribution in [1.29, 1.82) is 0 Å². The van der Waals surface area contributed by atoms with Crippen molar-refractivity contribution >= 4 is 18.1 Å². The zero-order valence-corrected chi connectivity index (χ0v) is 20.1. The van der Waals surface area contributed by atoms with Crippen LogP contribution in [0.25, 0.3) is 11.4 Å². The molecule has 0 bridgehead atoms. The summed E-state index contributed by atoms with van der Waals surface area (Å²) in [5.41, 5.74) is 1.70. The molecule has 0 aliphatic rings. The Balaban J connectivity index is 1.70. The number of amides is 1. The van der Waals surface area contributed by atoms with Gasteiger partial charge < -0.3 is 24.3 Å². The number of H-pyrrole nitrogens is 1. The van der Waals surface area contributed by atoms with Crippen molar-refractivity contribution in [3.8, 4) is 34.4 Å². The first-order chi connectivity index (χ1) is 15.9. The second-order valence-electron chi connectivity index (χ2n) is 7.23. The van der Waals surface area contributed by atoms with Gasteiger partial charge in [0.2, 0.25) is 11.7 Å². The van der Waals surface area contributed by atoms with E-state index in [4.69, 9.17) is 31.2 Å². The summed E-state index contributed by atoms with van der Waals surface area (Å²) in [5.74, 6) is 2.85. The molecule has 0 aliphatic heterocycles. The van der Waals surface area contributed by atoms with Crippen molar-refractivity contribution < 1.29 is 23.7 Å². The lowest BCUT2D eigenvalue weighted by Crippen LogP contribution is -2.27. The summed E-state index contributed by atoms with van der Waals surface area (Å²) < 4.78 is 23.6. The molecular formula is C23H28N4O5S. The molecule has 1 unspecified atom stereocenters. The van der Waals surface area contributed by atoms with E-state index in [0.29, 0.717) is 34.4 Å². The maximum atomic E-state index is 12.7. The van der Waals surface area contributed by atoms with E-state index in [-0.39, 0.29) is 18.4 Å². The Morgan fingerprint density at radius 2 is 1.70 bits per heavy atom. The summed E-state index contributed by atoms with van der Waals surface area (Å²) in [7, 11) is 6.27. The number of nitrogens with zero attached hydrogens (tertiary/aromatic N) is 2. The minimum Gasteiger partial charge on any atom is -0.497 e. The molecule has 1 atom stereocenters. The first-order valence-corrected chi connectivity index (χ1v) is 10.7. The number of benzene rings is 2. The first kappa shape index (κ1) is 24.1. The molecule has 1 amide bonds. The van der Waals surface area contributed by atoms with Crippen molar-refractivity contribution in [3.63, 3.8) is 0 Å². The normalized spacial score (nSPS) is 11.5. The molecule has 9 nitrogen and oxygen atoms in total. The predicted molar refractivity (Wildman–Crippen MR) is 127 cm³/mol. The van der Waals surface area contributed by atoms with Gasteiger partial charge in [-0.1, -0.05) is 0 Å². The van der Waals surface area contributed by atoms with Gasteiger partial charge >= 0.3 is 0 Å². The molecule has 0 fully saturated rings. The van der Waals surface area contributed by atoms with Gasteiger partial charge in [0.15, 0.2) is 22.1 Å². The van der Waals surface area contributed by atoms with Crippen molar-refractivity contribution in [2.75, 3.05) is 28.4 Å². The molecule has 0 radical (unpaired) electrons. The van der Waals surface area contributed by atoms with Gasteiger partial charge in [0, 0.05) is 18.5 Å². The molecule has 1 heterocycles. The van der Waals surface area contributed by atoms with E-state index in [1.54, 1.807) is 33.0 Å². The Morgan fingerprint density at radius 1 is 1.06 bits per heavy atom. The third-order valence-corrected chi connectivity index (χ3v) is 5.55. The highest BCUT2D eigenvalue weighted by atomic mass is 32.1. The van der Waals surface area contributed by atoms with Crippen molar-refractivity contribution in [1.82, 2.24) is 20.1 Å². The van der Waals surface area contributed by atoms with Gasteiger partial charge in [-0.05, 0) is 61.1 Å². The smallest absolute Gasteiger partial charge is 0.222 e. The largest absolute Gasteiger partial charge is 0.497 e. The molecule has 3 rings (SSSR count). The number of carbonyl (C=O) groups is 1. The monoisotopic (exact) mass is 472 g/mol. The fourth-order valence-electron chi connectivity index (χ4n) is 3.45. The summed E-state index contributed by atoms with van der Waals surface area (Å²) in [4.78, 5) is 12.7. The number of aromatic nitrogens is 3. The van der Waals surface area contributed by atoms with Crippen LogP contribution < -0.4 is 24.3 Å². The van der Waals surface area contributed by atoms with Crippen LogP contribution >= 0.6 is 12.2 Å². The Hall–Kier alpha value is -3.53. The molecule has 1 aromatic heterocycles. The van der Waals surface area contributed by atoms with E-state index in [0.717, 1.165) is 16.9 Å². The van der Waals surface area contributed by atoms with E-state index in [9.17, 15) is 4.79 Å².